The Morgan fingerprint density at radius 2 is 2.00 bits per heavy atom. The van der Waals surface area contributed by atoms with Gasteiger partial charge in [-0.3, -0.25) is 9.59 Å². The van der Waals surface area contributed by atoms with Crippen molar-refractivity contribution in [3.05, 3.63) is 29.3 Å². The molecule has 1 amide bonds. The standard InChI is InChI=1S/C17H22N2O3/c1-19-9-8-11-2-7-14(10-15(11)16(19)20)18-13-5-3-12(4-6-13)17(21)22/h2,7,10,12-13,18H,3-6,8-9H2,1H3,(H,21,22). The number of anilines is 1. The summed E-state index contributed by atoms with van der Waals surface area (Å²) in [6, 6.07) is 6.30. The second-order valence-corrected chi connectivity index (χ2v) is 6.38. The van der Waals surface area contributed by atoms with Crippen LogP contribution in [0.1, 0.15) is 41.6 Å². The van der Waals surface area contributed by atoms with Crippen molar-refractivity contribution in [1.29, 1.82) is 0 Å². The first-order valence-electron chi connectivity index (χ1n) is 7.92. The van der Waals surface area contributed by atoms with Gasteiger partial charge in [-0.15, -0.1) is 0 Å². The van der Waals surface area contributed by atoms with Crippen molar-refractivity contribution in [3.8, 4) is 0 Å². The van der Waals surface area contributed by atoms with Crippen LogP contribution in [0.5, 0.6) is 0 Å². The minimum atomic E-state index is -0.680. The maximum atomic E-state index is 12.2. The number of amides is 1. The smallest absolute Gasteiger partial charge is 0.306 e. The fraction of sp³-hybridized carbons (Fsp3) is 0.529. The number of aliphatic carboxylic acids is 1. The molecule has 2 N–H and O–H groups in total. The first kappa shape index (κ1) is 14.9. The Labute approximate surface area is 130 Å². The van der Waals surface area contributed by atoms with Crippen molar-refractivity contribution in [3.63, 3.8) is 0 Å². The van der Waals surface area contributed by atoms with Crippen LogP contribution in [0.2, 0.25) is 0 Å². The summed E-state index contributed by atoms with van der Waals surface area (Å²) in [6.45, 7) is 0.776. The quantitative estimate of drug-likeness (QED) is 0.899. The molecule has 5 heteroatoms. The van der Waals surface area contributed by atoms with Crippen LogP contribution in [0.25, 0.3) is 0 Å². The third-order valence-electron chi connectivity index (χ3n) is 4.85. The molecular weight excluding hydrogens is 280 g/mol. The molecule has 0 unspecified atom stereocenters. The molecule has 5 nitrogen and oxygen atoms in total. The maximum Gasteiger partial charge on any atom is 0.306 e. The summed E-state index contributed by atoms with van der Waals surface area (Å²) in [4.78, 5) is 25.0. The van der Waals surface area contributed by atoms with E-state index in [-0.39, 0.29) is 11.8 Å². The zero-order chi connectivity index (χ0) is 15.7. The molecule has 1 heterocycles. The number of benzene rings is 1. The van der Waals surface area contributed by atoms with Crippen LogP contribution in [0.4, 0.5) is 5.69 Å². The van der Waals surface area contributed by atoms with Gasteiger partial charge in [-0.25, -0.2) is 0 Å². The summed E-state index contributed by atoms with van der Waals surface area (Å²) in [7, 11) is 1.83. The van der Waals surface area contributed by atoms with Gasteiger partial charge >= 0.3 is 5.97 Å². The molecule has 2 aliphatic rings. The minimum Gasteiger partial charge on any atom is -0.481 e. The molecule has 118 valence electrons. The monoisotopic (exact) mass is 302 g/mol. The van der Waals surface area contributed by atoms with Gasteiger partial charge in [-0.1, -0.05) is 6.07 Å². The molecule has 0 radical (unpaired) electrons. The van der Waals surface area contributed by atoms with Gasteiger partial charge in [0, 0.05) is 30.9 Å². The Morgan fingerprint density at radius 3 is 2.68 bits per heavy atom. The molecule has 0 bridgehead atoms. The normalized spacial score (nSPS) is 24.8. The Morgan fingerprint density at radius 1 is 1.27 bits per heavy atom. The van der Waals surface area contributed by atoms with Crippen molar-refractivity contribution in [2.45, 2.75) is 38.1 Å². The minimum absolute atomic E-state index is 0.0829. The van der Waals surface area contributed by atoms with Gasteiger partial charge < -0.3 is 15.3 Å². The third kappa shape index (κ3) is 2.93. The Balaban J connectivity index is 1.67. The van der Waals surface area contributed by atoms with Gasteiger partial charge in [0.05, 0.1) is 5.92 Å². The lowest BCUT2D eigenvalue weighted by Crippen LogP contribution is -2.34. The molecular formula is C17H22N2O3. The van der Waals surface area contributed by atoms with E-state index < -0.39 is 5.97 Å². The van der Waals surface area contributed by atoms with E-state index in [9.17, 15) is 9.59 Å². The van der Waals surface area contributed by atoms with Crippen LogP contribution in [0, 0.1) is 5.92 Å². The lowest BCUT2D eigenvalue weighted by molar-refractivity contribution is -0.142. The lowest BCUT2D eigenvalue weighted by Gasteiger charge is -2.29. The number of likely N-dealkylation sites (N-methyl/N-ethyl adjacent to an activating group) is 1. The van der Waals surface area contributed by atoms with Gasteiger partial charge in [0.15, 0.2) is 0 Å². The molecule has 1 aliphatic heterocycles. The first-order valence-corrected chi connectivity index (χ1v) is 7.92. The summed E-state index contributed by atoms with van der Waals surface area (Å²) >= 11 is 0. The number of rotatable bonds is 3. The molecule has 3 rings (SSSR count). The number of carbonyl (C=O) groups is 2. The summed E-state index contributed by atoms with van der Waals surface area (Å²) in [6.07, 6.45) is 4.07. The van der Waals surface area contributed by atoms with Crippen LogP contribution in [-0.2, 0) is 11.2 Å². The van der Waals surface area contributed by atoms with E-state index in [4.69, 9.17) is 5.11 Å². The molecule has 1 saturated carbocycles. The summed E-state index contributed by atoms with van der Waals surface area (Å²) in [5, 5.41) is 12.5. The molecule has 0 spiro atoms. The van der Waals surface area contributed by atoms with E-state index in [0.29, 0.717) is 6.04 Å². The molecule has 0 atom stereocenters. The number of nitrogens with zero attached hydrogens (tertiary/aromatic N) is 1. The van der Waals surface area contributed by atoms with Crippen molar-refractivity contribution in [2.75, 3.05) is 18.9 Å². The predicted octanol–water partition coefficient (Wildman–Crippen LogP) is 2.37. The van der Waals surface area contributed by atoms with Crippen LogP contribution >= 0.6 is 0 Å². The lowest BCUT2D eigenvalue weighted by atomic mass is 9.86. The fourth-order valence-corrected chi connectivity index (χ4v) is 3.40. The first-order chi connectivity index (χ1) is 10.5. The highest BCUT2D eigenvalue weighted by atomic mass is 16.4. The largest absolute Gasteiger partial charge is 0.481 e. The highest BCUT2D eigenvalue weighted by Gasteiger charge is 2.26. The number of carboxylic acids is 1. The van der Waals surface area contributed by atoms with Gasteiger partial charge in [0.25, 0.3) is 5.91 Å². The summed E-state index contributed by atoms with van der Waals surface area (Å²) in [5.41, 5.74) is 2.86. The SMILES string of the molecule is CN1CCc2ccc(NC3CCC(C(=O)O)CC3)cc2C1=O. The zero-order valence-corrected chi connectivity index (χ0v) is 12.8. The average molecular weight is 302 g/mol. The van der Waals surface area contributed by atoms with Gasteiger partial charge in [0.2, 0.25) is 0 Å². The number of nitrogens with one attached hydrogen (secondary N) is 1. The summed E-state index contributed by atoms with van der Waals surface area (Å²) < 4.78 is 0. The molecule has 1 aromatic rings. The molecule has 1 aromatic carbocycles. The van der Waals surface area contributed by atoms with Crippen LogP contribution in [-0.4, -0.2) is 41.5 Å². The van der Waals surface area contributed by atoms with E-state index in [2.05, 4.69) is 5.32 Å². The molecule has 22 heavy (non-hydrogen) atoms. The fourth-order valence-electron chi connectivity index (χ4n) is 3.40. The highest BCUT2D eigenvalue weighted by molar-refractivity contribution is 5.97. The number of hydrogen-bond acceptors (Lipinski definition) is 3. The molecule has 1 aliphatic carbocycles. The van der Waals surface area contributed by atoms with Crippen LogP contribution in [0.15, 0.2) is 18.2 Å². The van der Waals surface area contributed by atoms with E-state index in [1.807, 2.05) is 25.2 Å². The van der Waals surface area contributed by atoms with Crippen molar-refractivity contribution >= 4 is 17.6 Å². The number of carboxylic acid groups (broad SMARTS) is 1. The topological polar surface area (TPSA) is 69.6 Å². The van der Waals surface area contributed by atoms with Crippen molar-refractivity contribution in [1.82, 2.24) is 4.90 Å². The summed E-state index contributed by atoms with van der Waals surface area (Å²) in [5.74, 6) is -0.794. The maximum absolute atomic E-state index is 12.2. The van der Waals surface area contributed by atoms with Crippen LogP contribution < -0.4 is 5.32 Å². The Kier molecular flexibility index (Phi) is 4.05. The van der Waals surface area contributed by atoms with Gasteiger partial charge in [-0.2, -0.15) is 0 Å². The van der Waals surface area contributed by atoms with E-state index in [1.54, 1.807) is 4.90 Å². The number of hydrogen-bond donors (Lipinski definition) is 2. The molecule has 1 fully saturated rings. The number of carbonyl (C=O) groups excluding carboxylic acids is 1. The van der Waals surface area contributed by atoms with E-state index in [1.165, 1.54) is 0 Å². The predicted molar refractivity (Wildman–Crippen MR) is 84.1 cm³/mol. The zero-order valence-electron chi connectivity index (χ0n) is 12.8. The van der Waals surface area contributed by atoms with Gasteiger partial charge in [0.1, 0.15) is 0 Å². The second kappa shape index (κ2) is 5.99. The van der Waals surface area contributed by atoms with Gasteiger partial charge in [-0.05, 0) is 49.8 Å². The highest BCUT2D eigenvalue weighted by Crippen LogP contribution is 2.28. The number of fused-ring (bicyclic) bond motifs is 1. The van der Waals surface area contributed by atoms with Crippen molar-refractivity contribution < 1.29 is 14.7 Å². The van der Waals surface area contributed by atoms with Crippen molar-refractivity contribution in [2.24, 2.45) is 5.92 Å². The molecule has 0 saturated heterocycles. The Bertz CT molecular complexity index is 592. The third-order valence-corrected chi connectivity index (χ3v) is 4.85. The average Bonchev–Trinajstić information content (AvgIpc) is 2.52. The molecule has 0 aromatic heterocycles. The van der Waals surface area contributed by atoms with E-state index >= 15 is 0 Å². The second-order valence-electron chi connectivity index (χ2n) is 6.38. The van der Waals surface area contributed by atoms with E-state index in [0.717, 1.165) is 55.5 Å². The van der Waals surface area contributed by atoms with Crippen LogP contribution in [0.3, 0.4) is 0 Å². The Hall–Kier alpha value is -2.04.